The topological polar surface area (TPSA) is 82.5 Å². The highest BCUT2D eigenvalue weighted by Gasteiger charge is 2.25. The largest absolute Gasteiger partial charge is 0.465 e. The molecule has 20 heavy (non-hydrogen) atoms. The van der Waals surface area contributed by atoms with Gasteiger partial charge in [-0.25, -0.2) is 9.78 Å². The summed E-state index contributed by atoms with van der Waals surface area (Å²) in [6.45, 7) is 0.383. The van der Waals surface area contributed by atoms with Crippen molar-refractivity contribution in [2.45, 2.75) is 25.4 Å². The molecule has 0 radical (unpaired) electrons. The first-order valence-corrected chi connectivity index (χ1v) is 7.21. The standard InChI is InChI=1S/C12H13BrClN3O3/c13-9-3-1-7(11(14)16-9)5-17(12(19)20)6-8-2-4-10(18)15-8/h1,3,8H,2,4-6H2,(H,15,18)(H,19,20)/t8-/m0/s1. The first-order chi connectivity index (χ1) is 9.45. The molecule has 1 aromatic rings. The Bertz CT molecular complexity index is 541. The summed E-state index contributed by atoms with van der Waals surface area (Å²) in [6, 6.07) is 3.29. The van der Waals surface area contributed by atoms with E-state index in [0.29, 0.717) is 23.0 Å². The molecule has 1 atom stereocenters. The molecule has 0 saturated carbocycles. The van der Waals surface area contributed by atoms with Crippen molar-refractivity contribution in [2.75, 3.05) is 6.54 Å². The van der Waals surface area contributed by atoms with E-state index < -0.39 is 6.09 Å². The molecule has 1 saturated heterocycles. The van der Waals surface area contributed by atoms with Gasteiger partial charge in [-0.3, -0.25) is 4.79 Å². The average molecular weight is 363 g/mol. The molecular formula is C12H13BrClN3O3. The molecule has 0 spiro atoms. The van der Waals surface area contributed by atoms with Gasteiger partial charge in [-0.2, -0.15) is 0 Å². The lowest BCUT2D eigenvalue weighted by Gasteiger charge is -2.23. The summed E-state index contributed by atoms with van der Waals surface area (Å²) in [5.41, 5.74) is 0.626. The van der Waals surface area contributed by atoms with Crippen molar-refractivity contribution in [2.24, 2.45) is 0 Å². The molecule has 1 fully saturated rings. The molecule has 0 unspecified atom stereocenters. The zero-order chi connectivity index (χ0) is 14.7. The van der Waals surface area contributed by atoms with E-state index in [9.17, 15) is 14.7 Å². The number of pyridine rings is 1. The van der Waals surface area contributed by atoms with Gasteiger partial charge in [0.05, 0.1) is 6.54 Å². The summed E-state index contributed by atoms with van der Waals surface area (Å²) in [5.74, 6) is -0.0383. The van der Waals surface area contributed by atoms with Crippen molar-refractivity contribution in [3.05, 3.63) is 27.5 Å². The van der Waals surface area contributed by atoms with Crippen LogP contribution in [0.4, 0.5) is 4.79 Å². The van der Waals surface area contributed by atoms with E-state index in [1.165, 1.54) is 4.90 Å². The van der Waals surface area contributed by atoms with E-state index >= 15 is 0 Å². The number of rotatable bonds is 4. The zero-order valence-corrected chi connectivity index (χ0v) is 12.8. The van der Waals surface area contributed by atoms with Gasteiger partial charge in [0.25, 0.3) is 0 Å². The number of aromatic nitrogens is 1. The predicted molar refractivity (Wildman–Crippen MR) is 76.5 cm³/mol. The molecule has 1 aliphatic rings. The molecule has 0 aromatic carbocycles. The summed E-state index contributed by atoms with van der Waals surface area (Å²) in [4.78, 5) is 27.7. The van der Waals surface area contributed by atoms with Crippen LogP contribution >= 0.6 is 27.5 Å². The Morgan fingerprint density at radius 2 is 2.35 bits per heavy atom. The maximum absolute atomic E-state index is 11.3. The van der Waals surface area contributed by atoms with Gasteiger partial charge in [0.15, 0.2) is 0 Å². The smallest absolute Gasteiger partial charge is 0.407 e. The quantitative estimate of drug-likeness (QED) is 0.805. The normalized spacial score (nSPS) is 17.9. The first kappa shape index (κ1) is 15.1. The number of halogens is 2. The molecule has 2 rings (SSSR count). The number of carbonyl (C=O) groups excluding carboxylic acids is 1. The summed E-state index contributed by atoms with van der Waals surface area (Å²) in [6.07, 6.45) is 0.0401. The van der Waals surface area contributed by atoms with Crippen LogP contribution in [0.5, 0.6) is 0 Å². The fourth-order valence-electron chi connectivity index (χ4n) is 2.06. The van der Waals surface area contributed by atoms with Crippen LogP contribution in [0.2, 0.25) is 5.15 Å². The van der Waals surface area contributed by atoms with E-state index in [4.69, 9.17) is 11.6 Å². The van der Waals surface area contributed by atoms with Crippen LogP contribution in [0.25, 0.3) is 0 Å². The molecule has 2 N–H and O–H groups in total. The van der Waals surface area contributed by atoms with Gasteiger partial charge in [-0.15, -0.1) is 0 Å². The van der Waals surface area contributed by atoms with Crippen molar-refractivity contribution in [1.29, 1.82) is 0 Å². The molecular weight excluding hydrogens is 350 g/mol. The third-order valence-electron chi connectivity index (χ3n) is 3.05. The highest BCUT2D eigenvalue weighted by atomic mass is 79.9. The molecule has 0 bridgehead atoms. The molecule has 6 nitrogen and oxygen atoms in total. The zero-order valence-electron chi connectivity index (χ0n) is 10.5. The summed E-state index contributed by atoms with van der Waals surface area (Å²) >= 11 is 9.18. The number of hydrogen-bond donors (Lipinski definition) is 2. The minimum Gasteiger partial charge on any atom is -0.465 e. The Morgan fingerprint density at radius 3 is 2.90 bits per heavy atom. The van der Waals surface area contributed by atoms with Gasteiger partial charge < -0.3 is 15.3 Å². The monoisotopic (exact) mass is 361 g/mol. The fourth-order valence-corrected chi connectivity index (χ4v) is 2.68. The molecule has 1 aromatic heterocycles. The lowest BCUT2D eigenvalue weighted by molar-refractivity contribution is -0.119. The number of carbonyl (C=O) groups is 2. The van der Waals surface area contributed by atoms with E-state index in [0.717, 1.165) is 0 Å². The van der Waals surface area contributed by atoms with Crippen LogP contribution < -0.4 is 5.32 Å². The van der Waals surface area contributed by atoms with E-state index in [1.807, 2.05) is 0 Å². The van der Waals surface area contributed by atoms with Crippen molar-refractivity contribution in [3.63, 3.8) is 0 Å². The molecule has 108 valence electrons. The van der Waals surface area contributed by atoms with Crippen molar-refractivity contribution in [3.8, 4) is 0 Å². The molecule has 1 aliphatic heterocycles. The second-order valence-electron chi connectivity index (χ2n) is 4.55. The van der Waals surface area contributed by atoms with Crippen LogP contribution in [0.1, 0.15) is 18.4 Å². The maximum Gasteiger partial charge on any atom is 0.407 e. The fraction of sp³-hybridized carbons (Fsp3) is 0.417. The SMILES string of the molecule is O=C1CC[C@@H](CN(Cc2ccc(Br)nc2Cl)C(=O)O)N1. The van der Waals surface area contributed by atoms with Gasteiger partial charge >= 0.3 is 6.09 Å². The van der Waals surface area contributed by atoms with Gasteiger partial charge in [-0.05, 0) is 28.4 Å². The highest BCUT2D eigenvalue weighted by Crippen LogP contribution is 2.19. The highest BCUT2D eigenvalue weighted by molar-refractivity contribution is 9.10. The van der Waals surface area contributed by atoms with Crippen molar-refractivity contribution < 1.29 is 14.7 Å². The van der Waals surface area contributed by atoms with E-state index in [2.05, 4.69) is 26.2 Å². The van der Waals surface area contributed by atoms with Crippen molar-refractivity contribution in [1.82, 2.24) is 15.2 Å². The molecule has 2 heterocycles. The lowest BCUT2D eigenvalue weighted by atomic mass is 10.2. The maximum atomic E-state index is 11.3. The lowest BCUT2D eigenvalue weighted by Crippen LogP contribution is -2.41. The van der Waals surface area contributed by atoms with Crippen LogP contribution in [0, 0.1) is 0 Å². The van der Waals surface area contributed by atoms with Crippen LogP contribution in [0.15, 0.2) is 16.7 Å². The van der Waals surface area contributed by atoms with E-state index in [1.54, 1.807) is 12.1 Å². The summed E-state index contributed by atoms with van der Waals surface area (Å²) in [5, 5.41) is 12.3. The second kappa shape index (κ2) is 6.41. The Kier molecular flexibility index (Phi) is 4.82. The van der Waals surface area contributed by atoms with E-state index in [-0.39, 0.29) is 30.2 Å². The van der Waals surface area contributed by atoms with Crippen LogP contribution in [0.3, 0.4) is 0 Å². The van der Waals surface area contributed by atoms with Gasteiger partial charge in [0.2, 0.25) is 5.91 Å². The number of amides is 2. The predicted octanol–water partition coefficient (Wildman–Crippen LogP) is 2.26. The van der Waals surface area contributed by atoms with Gasteiger partial charge in [0.1, 0.15) is 9.76 Å². The Labute approximate surface area is 129 Å². The summed E-state index contributed by atoms with van der Waals surface area (Å²) in [7, 11) is 0. The number of nitrogens with zero attached hydrogens (tertiary/aromatic N) is 2. The Balaban J connectivity index is 2.05. The van der Waals surface area contributed by atoms with Crippen LogP contribution in [-0.4, -0.2) is 39.6 Å². The summed E-state index contributed by atoms with van der Waals surface area (Å²) < 4.78 is 0.594. The van der Waals surface area contributed by atoms with Gasteiger partial charge in [-0.1, -0.05) is 17.7 Å². The Hall–Kier alpha value is -1.34. The number of carboxylic acid groups (broad SMARTS) is 1. The average Bonchev–Trinajstić information content (AvgIpc) is 2.77. The molecule has 0 aliphatic carbocycles. The van der Waals surface area contributed by atoms with Crippen molar-refractivity contribution >= 4 is 39.5 Å². The second-order valence-corrected chi connectivity index (χ2v) is 5.72. The first-order valence-electron chi connectivity index (χ1n) is 6.04. The van der Waals surface area contributed by atoms with Gasteiger partial charge in [0, 0.05) is 24.6 Å². The third-order valence-corrected chi connectivity index (χ3v) is 3.82. The number of nitrogens with one attached hydrogen (secondary N) is 1. The minimum atomic E-state index is -1.05. The molecule has 2 amide bonds. The molecule has 8 heteroatoms. The number of hydrogen-bond acceptors (Lipinski definition) is 3. The Morgan fingerprint density at radius 1 is 1.60 bits per heavy atom. The third kappa shape index (κ3) is 3.83. The minimum absolute atomic E-state index is 0.0383. The van der Waals surface area contributed by atoms with Crippen LogP contribution in [-0.2, 0) is 11.3 Å².